The van der Waals surface area contributed by atoms with Crippen LogP contribution in [0.15, 0.2) is 255 Å². The van der Waals surface area contributed by atoms with Gasteiger partial charge in [-0.25, -0.2) is 0 Å². The molecule has 0 fully saturated rings. The number of para-hydroxylation sites is 1. The van der Waals surface area contributed by atoms with Crippen molar-refractivity contribution in [3.05, 3.63) is 277 Å². The zero-order valence-electron chi connectivity index (χ0n) is 55.2. The van der Waals surface area contributed by atoms with E-state index in [0.29, 0.717) is 0 Å². The van der Waals surface area contributed by atoms with E-state index in [1.54, 1.807) is 0 Å². The molecule has 0 saturated heterocycles. The number of nitrogens with zero attached hydrogens (tertiary/aromatic N) is 3. The van der Waals surface area contributed by atoms with Crippen LogP contribution in [-0.4, -0.2) is 15.8 Å². The van der Waals surface area contributed by atoms with E-state index < -0.39 is 0 Å². The first-order valence-corrected chi connectivity index (χ1v) is 33.0. The van der Waals surface area contributed by atoms with Crippen molar-refractivity contribution in [2.24, 2.45) is 0 Å². The van der Waals surface area contributed by atoms with Crippen LogP contribution in [0, 0.1) is 0 Å². The van der Waals surface area contributed by atoms with Gasteiger partial charge in [0.25, 0.3) is 6.71 Å². The molecule has 2 aromatic heterocycles. The SMILES string of the molecule is CC(C)(C)c1cc(-c2ccc3c(c2)N(c2ccc(-c4ccccc4)cc2-c2ccccc2)c2ccc4c5ccccc5c5ccccc5c5ccccc5n5c4c2B3c2ccc(-n3c4ccc(C(C)(C)C)cc4c4cc(C(C)(C)C)ccc43)cc2-5)cc(C(C)(C)C)c1. The Labute approximate surface area is 542 Å². The smallest absolute Gasteiger partial charge is 0.252 e. The summed E-state index contributed by atoms with van der Waals surface area (Å²) < 4.78 is 5.23. The molecule has 0 spiro atoms. The van der Waals surface area contributed by atoms with Crippen LogP contribution < -0.4 is 21.3 Å². The second kappa shape index (κ2) is 20.8. The number of aromatic nitrogens is 2. The van der Waals surface area contributed by atoms with Crippen LogP contribution in [0.25, 0.3) is 110 Å². The lowest BCUT2D eigenvalue weighted by molar-refractivity contribution is 0.569. The Kier molecular flexibility index (Phi) is 13.0. The largest absolute Gasteiger partial charge is 0.311 e. The molecule has 4 heteroatoms. The van der Waals surface area contributed by atoms with E-state index >= 15 is 0 Å². The van der Waals surface area contributed by atoms with Crippen LogP contribution in [-0.2, 0) is 21.7 Å². The highest BCUT2D eigenvalue weighted by molar-refractivity contribution is 7.00. The van der Waals surface area contributed by atoms with Gasteiger partial charge in [-0.05, 0) is 176 Å². The Balaban J connectivity index is 1.08. The first-order chi connectivity index (χ1) is 44.2. The van der Waals surface area contributed by atoms with E-state index in [2.05, 4.69) is 352 Å². The van der Waals surface area contributed by atoms with Gasteiger partial charge in [-0.3, -0.25) is 0 Å². The average molecular weight is 1190 g/mol. The maximum absolute atomic E-state index is 2.68. The summed E-state index contributed by atoms with van der Waals surface area (Å²) in [5.74, 6) is 0. The Bertz CT molecular complexity index is 5330. The van der Waals surface area contributed by atoms with Crippen molar-refractivity contribution < 1.29 is 0 Å². The zero-order chi connectivity index (χ0) is 63.3. The Hall–Kier alpha value is -9.90. The van der Waals surface area contributed by atoms with Crippen molar-refractivity contribution in [2.75, 3.05) is 4.90 Å². The number of hydrogen-bond donors (Lipinski definition) is 0. The molecule has 0 aliphatic carbocycles. The molecule has 0 amide bonds. The van der Waals surface area contributed by atoms with Gasteiger partial charge in [0, 0.05) is 49.9 Å². The standard InChI is InChI=1S/C88H78BN3/c1-85(2,3)60-37-44-78-72(52-60)73-53-61(86(4,5)6)38-45-79(73)90(78)64-39-42-75-82(54-64)92-76-34-24-23-33-69(76)67-31-21-19-29-65(67)66-30-20-22-32-68(66)70-40-46-80-83(84(70)92)89(75)74-41-35-58(59-47-62(87(7,8)9)51-63(48-59)88(10,11)12)50-81(74)91(80)77-43-36-57(55-25-15-13-16-26-55)49-71(77)56-27-17-14-18-28-56/h13-54H,1-12H3. The Morgan fingerprint density at radius 1 is 0.261 bits per heavy atom. The quantitative estimate of drug-likeness (QED) is 0.157. The topological polar surface area (TPSA) is 13.1 Å². The summed E-state index contributed by atoms with van der Waals surface area (Å²) in [5, 5.41) is 9.79. The molecule has 92 heavy (non-hydrogen) atoms. The highest BCUT2D eigenvalue weighted by Crippen LogP contribution is 2.48. The number of rotatable bonds is 5. The molecule has 16 rings (SSSR count). The Morgan fingerprint density at radius 3 is 1.32 bits per heavy atom. The minimum absolute atomic E-state index is 0.0258. The highest BCUT2D eigenvalue weighted by atomic mass is 15.2. The van der Waals surface area contributed by atoms with E-state index in [9.17, 15) is 0 Å². The normalized spacial score (nSPS) is 13.2. The predicted molar refractivity (Wildman–Crippen MR) is 398 cm³/mol. The van der Waals surface area contributed by atoms with E-state index in [1.807, 2.05) is 0 Å². The van der Waals surface area contributed by atoms with E-state index in [1.165, 1.54) is 149 Å². The summed E-state index contributed by atoms with van der Waals surface area (Å²) >= 11 is 0. The molecule has 4 heterocycles. The first-order valence-electron chi connectivity index (χ1n) is 33.0. The lowest BCUT2D eigenvalue weighted by Crippen LogP contribution is -2.60. The van der Waals surface area contributed by atoms with Crippen LogP contribution >= 0.6 is 0 Å². The Morgan fingerprint density at radius 2 is 0.728 bits per heavy atom. The van der Waals surface area contributed by atoms with Gasteiger partial charge < -0.3 is 14.0 Å². The molecule has 448 valence electrons. The van der Waals surface area contributed by atoms with Crippen molar-refractivity contribution in [3.8, 4) is 44.8 Å². The van der Waals surface area contributed by atoms with Crippen LogP contribution in [0.1, 0.15) is 105 Å². The van der Waals surface area contributed by atoms with Crippen molar-refractivity contribution in [1.29, 1.82) is 0 Å². The molecule has 0 unspecified atom stereocenters. The predicted octanol–water partition coefficient (Wildman–Crippen LogP) is 22.1. The maximum Gasteiger partial charge on any atom is 0.252 e. The molecular formula is C88H78BN3. The molecule has 0 radical (unpaired) electrons. The lowest BCUT2D eigenvalue weighted by atomic mass is 9.33. The lowest BCUT2D eigenvalue weighted by Gasteiger charge is -2.41. The molecule has 14 aromatic rings. The van der Waals surface area contributed by atoms with E-state index in [4.69, 9.17) is 0 Å². The van der Waals surface area contributed by atoms with Crippen molar-refractivity contribution >= 4 is 105 Å². The van der Waals surface area contributed by atoms with Gasteiger partial charge in [0.15, 0.2) is 0 Å². The van der Waals surface area contributed by atoms with Crippen molar-refractivity contribution in [2.45, 2.75) is 105 Å². The molecule has 0 atom stereocenters. The molecule has 0 N–H and O–H groups in total. The third kappa shape index (κ3) is 9.22. The molecule has 12 aromatic carbocycles. The van der Waals surface area contributed by atoms with Crippen molar-refractivity contribution in [3.63, 3.8) is 0 Å². The first kappa shape index (κ1) is 57.3. The molecule has 0 bridgehead atoms. The third-order valence-electron chi connectivity index (χ3n) is 20.1. The summed E-state index contributed by atoms with van der Waals surface area (Å²) in [4.78, 5) is 2.65. The van der Waals surface area contributed by atoms with Crippen LogP contribution in [0.3, 0.4) is 0 Å². The van der Waals surface area contributed by atoms with Gasteiger partial charge in [0.2, 0.25) is 0 Å². The summed E-state index contributed by atoms with van der Waals surface area (Å²) in [6.07, 6.45) is 0. The summed E-state index contributed by atoms with van der Waals surface area (Å²) in [6, 6.07) is 98.1. The minimum Gasteiger partial charge on any atom is -0.311 e. The van der Waals surface area contributed by atoms with Gasteiger partial charge in [0.05, 0.1) is 27.8 Å². The van der Waals surface area contributed by atoms with E-state index in [-0.39, 0.29) is 28.4 Å². The fourth-order valence-electron chi connectivity index (χ4n) is 15.1. The van der Waals surface area contributed by atoms with Gasteiger partial charge >= 0.3 is 0 Å². The van der Waals surface area contributed by atoms with Gasteiger partial charge in [-0.15, -0.1) is 0 Å². The van der Waals surface area contributed by atoms with Gasteiger partial charge in [-0.2, -0.15) is 0 Å². The van der Waals surface area contributed by atoms with E-state index in [0.717, 1.165) is 16.9 Å². The molecule has 3 nitrogen and oxygen atoms in total. The highest BCUT2D eigenvalue weighted by Gasteiger charge is 2.43. The van der Waals surface area contributed by atoms with Gasteiger partial charge in [0.1, 0.15) is 0 Å². The van der Waals surface area contributed by atoms with Gasteiger partial charge in [-0.1, -0.05) is 271 Å². The monoisotopic (exact) mass is 1190 g/mol. The second-order valence-corrected chi connectivity index (χ2v) is 30.2. The number of benzene rings is 12. The fraction of sp³-hybridized carbons (Fsp3) is 0.182. The molecule has 2 aliphatic heterocycles. The molecule has 2 aliphatic rings. The van der Waals surface area contributed by atoms with Crippen molar-refractivity contribution in [1.82, 2.24) is 9.13 Å². The maximum atomic E-state index is 2.68. The van der Waals surface area contributed by atoms with Crippen LogP contribution in [0.4, 0.5) is 17.1 Å². The van der Waals surface area contributed by atoms with Crippen LogP contribution in [0.2, 0.25) is 0 Å². The second-order valence-electron chi connectivity index (χ2n) is 30.2. The number of fused-ring (bicyclic) bond motifs is 15. The van der Waals surface area contributed by atoms with Crippen LogP contribution in [0.5, 0.6) is 0 Å². The fourth-order valence-corrected chi connectivity index (χ4v) is 15.1. The summed E-state index contributed by atoms with van der Waals surface area (Å²) in [6.45, 7) is 27.9. The summed E-state index contributed by atoms with van der Waals surface area (Å²) in [7, 11) is 0. The number of hydrogen-bond acceptors (Lipinski definition) is 1. The zero-order valence-corrected chi connectivity index (χ0v) is 55.2. The minimum atomic E-state index is -0.167. The molecule has 0 saturated carbocycles. The summed E-state index contributed by atoms with van der Waals surface area (Å²) in [5.41, 5.74) is 26.6. The number of anilines is 3. The average Bonchev–Trinajstić information content (AvgIpc) is 0.927. The third-order valence-corrected chi connectivity index (χ3v) is 20.1. The molecular weight excluding hydrogens is 1110 g/mol.